The van der Waals surface area contributed by atoms with Crippen molar-refractivity contribution >= 4 is 28.8 Å². The maximum absolute atomic E-state index is 12.2. The van der Waals surface area contributed by atoms with Gasteiger partial charge >= 0.3 is 5.69 Å². The van der Waals surface area contributed by atoms with E-state index in [1.807, 2.05) is 0 Å². The molecule has 0 unspecified atom stereocenters. The molecule has 0 saturated heterocycles. The van der Waals surface area contributed by atoms with Gasteiger partial charge in [-0.05, 0) is 12.1 Å². The van der Waals surface area contributed by atoms with Crippen LogP contribution in [0.25, 0.3) is 11.2 Å². The Balaban J connectivity index is 1.78. The van der Waals surface area contributed by atoms with Crippen LogP contribution in [0.2, 0.25) is 0 Å². The molecule has 0 fully saturated rings. The fourth-order valence-electron chi connectivity index (χ4n) is 2.47. The molecule has 25 heavy (non-hydrogen) atoms. The summed E-state index contributed by atoms with van der Waals surface area (Å²) in [4.78, 5) is 40.5. The van der Waals surface area contributed by atoms with Crippen molar-refractivity contribution in [1.82, 2.24) is 24.0 Å². The van der Waals surface area contributed by atoms with Crippen LogP contribution in [-0.2, 0) is 32.5 Å². The predicted molar refractivity (Wildman–Crippen MR) is 92.5 cm³/mol. The lowest BCUT2D eigenvalue weighted by Crippen LogP contribution is -2.37. The number of aryl methyl sites for hydroxylation is 2. The molecule has 0 atom stereocenters. The molecule has 3 heterocycles. The average Bonchev–Trinajstić information content (AvgIpc) is 3.22. The highest BCUT2D eigenvalue weighted by molar-refractivity contribution is 7.99. The Morgan fingerprint density at radius 1 is 1.24 bits per heavy atom. The van der Waals surface area contributed by atoms with Crippen LogP contribution in [0.15, 0.2) is 37.6 Å². The monoisotopic (exact) mass is 363 g/mol. The molecule has 0 aliphatic rings. The fraction of sp³-hybridized carbons (Fsp3) is 0.333. The quantitative estimate of drug-likeness (QED) is 0.639. The predicted octanol–water partition coefficient (Wildman–Crippen LogP) is -0.0278. The molecule has 9 nitrogen and oxygen atoms in total. The number of nitrogens with one attached hydrogen (secondary N) is 1. The number of hydrogen-bond donors (Lipinski definition) is 1. The molecule has 3 aromatic heterocycles. The summed E-state index contributed by atoms with van der Waals surface area (Å²) in [7, 11) is 4.70. The third kappa shape index (κ3) is 3.12. The molecule has 0 spiro atoms. The highest BCUT2D eigenvalue weighted by atomic mass is 32.2. The summed E-state index contributed by atoms with van der Waals surface area (Å²) in [6.45, 7) is 0.310. The highest BCUT2D eigenvalue weighted by Crippen LogP contribution is 2.19. The first-order valence-corrected chi connectivity index (χ1v) is 8.43. The Bertz CT molecular complexity index is 1040. The van der Waals surface area contributed by atoms with E-state index in [0.29, 0.717) is 23.1 Å². The number of nitrogens with zero attached hydrogens (tertiary/aromatic N) is 4. The van der Waals surface area contributed by atoms with E-state index in [2.05, 4.69) is 10.3 Å². The number of carbonyl (C=O) groups excluding carboxylic acids is 1. The van der Waals surface area contributed by atoms with Crippen LogP contribution in [0.1, 0.15) is 5.76 Å². The zero-order valence-corrected chi connectivity index (χ0v) is 14.8. The molecule has 1 N–H and O–H groups in total. The second-order valence-corrected chi connectivity index (χ2v) is 6.42. The lowest BCUT2D eigenvalue weighted by molar-refractivity contribution is -0.118. The molecule has 0 aliphatic carbocycles. The minimum absolute atomic E-state index is 0.131. The van der Waals surface area contributed by atoms with Gasteiger partial charge in [-0.1, -0.05) is 11.8 Å². The average molecular weight is 363 g/mol. The Kier molecular flexibility index (Phi) is 4.53. The third-order valence-electron chi connectivity index (χ3n) is 3.79. The first-order valence-electron chi connectivity index (χ1n) is 7.44. The van der Waals surface area contributed by atoms with Crippen molar-refractivity contribution in [2.45, 2.75) is 11.7 Å². The summed E-state index contributed by atoms with van der Waals surface area (Å²) < 4.78 is 9.17. The van der Waals surface area contributed by atoms with E-state index >= 15 is 0 Å². The standard InChI is InChI=1S/C15H17N5O4S/c1-18-12-11(13(22)20(3)15(23)19(12)2)17-14(18)25-8-10(21)16-7-9-5-4-6-24-9/h4-6H,7-8H2,1-3H3,(H,16,21). The van der Waals surface area contributed by atoms with Crippen molar-refractivity contribution in [3.05, 3.63) is 45.0 Å². The molecule has 10 heteroatoms. The zero-order chi connectivity index (χ0) is 18.1. The van der Waals surface area contributed by atoms with Crippen LogP contribution < -0.4 is 16.6 Å². The number of fused-ring (bicyclic) bond motifs is 1. The van der Waals surface area contributed by atoms with Gasteiger partial charge in [-0.2, -0.15) is 0 Å². The number of furan rings is 1. The number of aromatic nitrogens is 4. The SMILES string of the molecule is Cn1c(=O)c2nc(SCC(=O)NCc3ccco3)n(C)c2n(C)c1=O. The summed E-state index contributed by atoms with van der Waals surface area (Å²) >= 11 is 1.19. The van der Waals surface area contributed by atoms with E-state index in [1.54, 1.807) is 37.1 Å². The number of amides is 1. The summed E-state index contributed by atoms with van der Waals surface area (Å²) in [5.74, 6) is 0.612. The van der Waals surface area contributed by atoms with Gasteiger partial charge in [0.15, 0.2) is 16.3 Å². The Morgan fingerprint density at radius 2 is 2.00 bits per heavy atom. The van der Waals surface area contributed by atoms with Crippen LogP contribution >= 0.6 is 11.8 Å². The Labute approximate surface area is 146 Å². The fourth-order valence-corrected chi connectivity index (χ4v) is 3.27. The number of thioether (sulfide) groups is 1. The Hall–Kier alpha value is -2.75. The first-order chi connectivity index (χ1) is 11.9. The maximum atomic E-state index is 12.2. The smallest absolute Gasteiger partial charge is 0.332 e. The van der Waals surface area contributed by atoms with Gasteiger partial charge in [-0.15, -0.1) is 0 Å². The number of imidazole rings is 1. The second kappa shape index (κ2) is 6.63. The minimum atomic E-state index is -0.456. The van der Waals surface area contributed by atoms with E-state index in [9.17, 15) is 14.4 Å². The van der Waals surface area contributed by atoms with Gasteiger partial charge in [0.2, 0.25) is 5.91 Å². The van der Waals surface area contributed by atoms with Crippen LogP contribution in [0.5, 0.6) is 0 Å². The van der Waals surface area contributed by atoms with E-state index in [0.717, 1.165) is 4.57 Å². The largest absolute Gasteiger partial charge is 0.467 e. The van der Waals surface area contributed by atoms with Crippen LogP contribution in [0.4, 0.5) is 0 Å². The summed E-state index contributed by atoms with van der Waals surface area (Å²) in [6, 6.07) is 3.52. The normalized spacial score (nSPS) is 11.2. The van der Waals surface area contributed by atoms with Crippen molar-refractivity contribution < 1.29 is 9.21 Å². The lowest BCUT2D eigenvalue weighted by atomic mass is 10.4. The van der Waals surface area contributed by atoms with Gasteiger partial charge in [-0.3, -0.25) is 18.7 Å². The van der Waals surface area contributed by atoms with E-state index in [1.165, 1.54) is 23.4 Å². The van der Waals surface area contributed by atoms with E-state index < -0.39 is 11.2 Å². The topological polar surface area (TPSA) is 104 Å². The molecule has 3 aromatic rings. The molecule has 0 bridgehead atoms. The summed E-state index contributed by atoms with van der Waals surface area (Å²) in [5, 5.41) is 3.23. The maximum Gasteiger partial charge on any atom is 0.332 e. The molecular weight excluding hydrogens is 346 g/mol. The number of rotatable bonds is 5. The van der Waals surface area contributed by atoms with Gasteiger partial charge in [0.05, 0.1) is 18.6 Å². The van der Waals surface area contributed by atoms with E-state index in [-0.39, 0.29) is 17.2 Å². The summed E-state index contributed by atoms with van der Waals surface area (Å²) in [6.07, 6.45) is 1.54. The first kappa shape index (κ1) is 17.1. The van der Waals surface area contributed by atoms with Crippen LogP contribution in [-0.4, -0.2) is 30.3 Å². The molecular formula is C15H17N5O4S. The molecule has 0 saturated carbocycles. The van der Waals surface area contributed by atoms with Crippen molar-refractivity contribution in [3.8, 4) is 0 Å². The third-order valence-corrected chi connectivity index (χ3v) is 4.82. The Morgan fingerprint density at radius 3 is 2.68 bits per heavy atom. The zero-order valence-electron chi connectivity index (χ0n) is 14.0. The van der Waals surface area contributed by atoms with Crippen molar-refractivity contribution in [1.29, 1.82) is 0 Å². The van der Waals surface area contributed by atoms with Crippen LogP contribution in [0, 0.1) is 0 Å². The van der Waals surface area contributed by atoms with Crippen molar-refractivity contribution in [3.63, 3.8) is 0 Å². The van der Waals surface area contributed by atoms with E-state index in [4.69, 9.17) is 4.42 Å². The van der Waals surface area contributed by atoms with Crippen LogP contribution in [0.3, 0.4) is 0 Å². The summed E-state index contributed by atoms with van der Waals surface area (Å²) in [5.41, 5.74) is -0.256. The van der Waals surface area contributed by atoms with Crippen molar-refractivity contribution in [2.75, 3.05) is 5.75 Å². The number of carbonyl (C=O) groups is 1. The molecule has 0 radical (unpaired) electrons. The number of hydrogen-bond acceptors (Lipinski definition) is 6. The highest BCUT2D eigenvalue weighted by Gasteiger charge is 2.17. The van der Waals surface area contributed by atoms with Gasteiger partial charge in [0.25, 0.3) is 5.56 Å². The van der Waals surface area contributed by atoms with Gasteiger partial charge in [-0.25, -0.2) is 9.78 Å². The van der Waals surface area contributed by atoms with Crippen molar-refractivity contribution in [2.24, 2.45) is 21.1 Å². The molecule has 0 aliphatic heterocycles. The minimum Gasteiger partial charge on any atom is -0.467 e. The second-order valence-electron chi connectivity index (χ2n) is 5.48. The molecule has 0 aromatic carbocycles. The van der Waals surface area contributed by atoms with Gasteiger partial charge < -0.3 is 14.3 Å². The molecule has 3 rings (SSSR count). The molecule has 132 valence electrons. The molecule has 1 amide bonds. The van der Waals surface area contributed by atoms with Gasteiger partial charge in [0.1, 0.15) is 5.76 Å². The lowest BCUT2D eigenvalue weighted by Gasteiger charge is -2.06. The van der Waals surface area contributed by atoms with Gasteiger partial charge in [0, 0.05) is 21.1 Å².